The third-order valence-electron chi connectivity index (χ3n) is 1.97. The molecule has 0 atom stereocenters. The standard InChI is InChI=1S/C8H11.2ClH.Zr/c1-6-4-7(2)8(3)5-6;;;/h4H2,1-3H3;2*1H;/q;;;+2/p-2. The second-order valence-electron chi connectivity index (χ2n) is 2.74. The van der Waals surface area contributed by atoms with E-state index < -0.39 is 0 Å². The summed E-state index contributed by atoms with van der Waals surface area (Å²) in [5.74, 6) is 0. The Kier molecular flexibility index (Phi) is 7.32. The quantitative estimate of drug-likeness (QED) is 0.429. The molecule has 1 aliphatic rings. The van der Waals surface area contributed by atoms with E-state index in [0.29, 0.717) is 0 Å². The molecule has 0 bridgehead atoms. The summed E-state index contributed by atoms with van der Waals surface area (Å²) in [6, 6.07) is 0. The van der Waals surface area contributed by atoms with Crippen molar-refractivity contribution >= 4 is 0 Å². The summed E-state index contributed by atoms with van der Waals surface area (Å²) < 4.78 is 1.60. The first kappa shape index (κ1) is 14.5. The summed E-state index contributed by atoms with van der Waals surface area (Å²) in [6.07, 6.45) is 1.23. The Labute approximate surface area is 96.2 Å². The molecule has 0 aromatic rings. The number of halogens is 2. The minimum atomic E-state index is 0. The average Bonchev–Trinajstić information content (AvgIpc) is 1.98. The fourth-order valence-corrected chi connectivity index (χ4v) is 1.89. The van der Waals surface area contributed by atoms with Crippen molar-refractivity contribution in [2.75, 3.05) is 0 Å². The van der Waals surface area contributed by atoms with Crippen LogP contribution in [-0.2, 0) is 24.7 Å². The molecule has 0 nitrogen and oxygen atoms in total. The van der Waals surface area contributed by atoms with E-state index in [4.69, 9.17) is 0 Å². The molecule has 0 aromatic heterocycles. The summed E-state index contributed by atoms with van der Waals surface area (Å²) in [4.78, 5) is 0. The molecule has 1 aliphatic carbocycles. The predicted molar refractivity (Wildman–Crippen MR) is 35.7 cm³/mol. The van der Waals surface area contributed by atoms with Gasteiger partial charge in [0.1, 0.15) is 0 Å². The van der Waals surface area contributed by atoms with Crippen molar-refractivity contribution in [2.24, 2.45) is 0 Å². The molecular formula is C8H11Cl2Zr. The van der Waals surface area contributed by atoms with Gasteiger partial charge in [-0.1, -0.05) is 0 Å². The van der Waals surface area contributed by atoms with Gasteiger partial charge in [-0.3, -0.25) is 0 Å². The molecule has 0 amide bonds. The smallest absolute Gasteiger partial charge is 1.00 e. The van der Waals surface area contributed by atoms with Gasteiger partial charge in [-0.25, -0.2) is 0 Å². The van der Waals surface area contributed by atoms with Gasteiger partial charge in [0.15, 0.2) is 0 Å². The molecular weight excluding hydrogens is 258 g/mol. The van der Waals surface area contributed by atoms with Gasteiger partial charge < -0.3 is 24.8 Å². The monoisotopic (exact) mass is 267 g/mol. The Morgan fingerprint density at radius 3 is 1.55 bits per heavy atom. The Morgan fingerprint density at radius 2 is 1.45 bits per heavy atom. The van der Waals surface area contributed by atoms with Crippen LogP contribution in [0.4, 0.5) is 0 Å². The first-order chi connectivity index (χ1) is 4.13. The zero-order valence-corrected chi connectivity index (χ0v) is 10.9. The van der Waals surface area contributed by atoms with Crippen molar-refractivity contribution in [3.63, 3.8) is 0 Å². The topological polar surface area (TPSA) is 0 Å². The van der Waals surface area contributed by atoms with E-state index in [1.807, 2.05) is 0 Å². The van der Waals surface area contributed by atoms with Gasteiger partial charge in [-0.05, 0) is 0 Å². The number of rotatable bonds is 0. The minimum Gasteiger partial charge on any atom is -1.00 e. The minimum absolute atomic E-state index is 0. The normalized spacial score (nSPS) is 16.5. The number of hydrogen-bond acceptors (Lipinski definition) is 0. The van der Waals surface area contributed by atoms with E-state index in [1.54, 1.807) is 44.7 Å². The molecule has 0 saturated heterocycles. The van der Waals surface area contributed by atoms with Crippen LogP contribution in [0.1, 0.15) is 27.2 Å². The molecule has 0 unspecified atom stereocenters. The average molecular weight is 269 g/mol. The summed E-state index contributed by atoms with van der Waals surface area (Å²) in [5, 5.41) is 0. The van der Waals surface area contributed by atoms with Gasteiger partial charge in [-0.2, -0.15) is 0 Å². The van der Waals surface area contributed by atoms with Gasteiger partial charge in [0.05, 0.1) is 0 Å². The second kappa shape index (κ2) is 5.57. The van der Waals surface area contributed by atoms with Crippen molar-refractivity contribution in [1.29, 1.82) is 0 Å². The summed E-state index contributed by atoms with van der Waals surface area (Å²) >= 11 is 1.58. The Bertz CT molecular complexity index is 182. The van der Waals surface area contributed by atoms with Crippen LogP contribution in [0.25, 0.3) is 0 Å². The van der Waals surface area contributed by atoms with Gasteiger partial charge in [-0.15, -0.1) is 0 Å². The maximum absolute atomic E-state index is 2.24. The third kappa shape index (κ3) is 3.05. The van der Waals surface area contributed by atoms with Crippen LogP contribution in [0.3, 0.4) is 0 Å². The number of allylic oxidation sites excluding steroid dienone is 4. The van der Waals surface area contributed by atoms with Crippen LogP contribution in [0.5, 0.6) is 0 Å². The van der Waals surface area contributed by atoms with Crippen LogP contribution in [0, 0.1) is 0 Å². The molecule has 3 heteroatoms. The fraction of sp³-hybridized carbons (Fsp3) is 0.500. The first-order valence-corrected chi connectivity index (χ1v) is 4.44. The van der Waals surface area contributed by atoms with Gasteiger partial charge in [0.2, 0.25) is 0 Å². The maximum Gasteiger partial charge on any atom is -1.00 e. The van der Waals surface area contributed by atoms with Gasteiger partial charge >= 0.3 is 71.9 Å². The zero-order chi connectivity index (χ0) is 7.02. The summed E-state index contributed by atoms with van der Waals surface area (Å²) in [7, 11) is 0. The summed E-state index contributed by atoms with van der Waals surface area (Å²) in [6.45, 7) is 6.70. The fourth-order valence-electron chi connectivity index (χ4n) is 1.15. The molecule has 0 heterocycles. The van der Waals surface area contributed by atoms with Crippen LogP contribution in [0.2, 0.25) is 0 Å². The van der Waals surface area contributed by atoms with Crippen molar-refractivity contribution in [1.82, 2.24) is 0 Å². The Hall–Kier alpha value is 0.943. The maximum atomic E-state index is 2.24. The number of hydrogen-bond donors (Lipinski definition) is 0. The molecule has 1 rings (SSSR count). The van der Waals surface area contributed by atoms with Gasteiger partial charge in [0.25, 0.3) is 0 Å². The van der Waals surface area contributed by atoms with E-state index >= 15 is 0 Å². The predicted octanol–water partition coefficient (Wildman–Crippen LogP) is -3.44. The van der Waals surface area contributed by atoms with Crippen molar-refractivity contribution in [2.45, 2.75) is 27.2 Å². The molecule has 61 valence electrons. The molecule has 0 aliphatic heterocycles. The van der Waals surface area contributed by atoms with Crippen molar-refractivity contribution < 1.29 is 49.5 Å². The van der Waals surface area contributed by atoms with E-state index in [-0.39, 0.29) is 24.8 Å². The Morgan fingerprint density at radius 1 is 1.00 bits per heavy atom. The van der Waals surface area contributed by atoms with E-state index in [2.05, 4.69) is 20.8 Å². The second-order valence-corrected chi connectivity index (χ2v) is 3.97. The van der Waals surface area contributed by atoms with Crippen molar-refractivity contribution in [3.8, 4) is 0 Å². The third-order valence-corrected chi connectivity index (χ3v) is 3.94. The van der Waals surface area contributed by atoms with E-state index in [1.165, 1.54) is 6.42 Å². The molecule has 11 heavy (non-hydrogen) atoms. The van der Waals surface area contributed by atoms with Gasteiger partial charge in [0, 0.05) is 0 Å². The summed E-state index contributed by atoms with van der Waals surface area (Å²) in [5.41, 5.74) is 4.70. The van der Waals surface area contributed by atoms with Crippen LogP contribution >= 0.6 is 0 Å². The SMILES string of the molecule is CC1=C(C)[C]([Zr+2])=C(C)C1.[Cl-].[Cl-]. The first-order valence-electron chi connectivity index (χ1n) is 3.21. The molecule has 0 N–H and O–H groups in total. The van der Waals surface area contributed by atoms with E-state index in [9.17, 15) is 0 Å². The molecule has 0 aromatic carbocycles. The molecule has 0 saturated carbocycles. The van der Waals surface area contributed by atoms with Crippen LogP contribution < -0.4 is 24.8 Å². The molecule has 0 radical (unpaired) electrons. The Balaban J connectivity index is 0. The van der Waals surface area contributed by atoms with Crippen LogP contribution in [0.15, 0.2) is 20.0 Å². The molecule has 0 spiro atoms. The van der Waals surface area contributed by atoms with Crippen molar-refractivity contribution in [3.05, 3.63) is 20.0 Å². The largest absolute Gasteiger partial charge is 1.00 e. The van der Waals surface area contributed by atoms with Crippen LogP contribution in [-0.4, -0.2) is 0 Å². The zero-order valence-electron chi connectivity index (χ0n) is 6.96. The molecule has 0 fully saturated rings. The van der Waals surface area contributed by atoms with E-state index in [0.717, 1.165) is 0 Å².